The molecule has 96 valence electrons. The van der Waals surface area contributed by atoms with Gasteiger partial charge in [-0.2, -0.15) is 5.10 Å². The van der Waals surface area contributed by atoms with Crippen LogP contribution < -0.4 is 5.32 Å². The molecule has 17 heavy (non-hydrogen) atoms. The molecule has 0 amide bonds. The SMILES string of the molecule is CNCCc1nn(C)c(C2CCCCC2)c1Br. The molecule has 0 bridgehead atoms. The van der Waals surface area contributed by atoms with E-state index >= 15 is 0 Å². The van der Waals surface area contributed by atoms with E-state index in [0.29, 0.717) is 5.92 Å². The first-order valence-corrected chi connectivity index (χ1v) is 7.39. The van der Waals surface area contributed by atoms with Crippen LogP contribution in [0, 0.1) is 0 Å². The summed E-state index contributed by atoms with van der Waals surface area (Å²) >= 11 is 3.76. The number of likely N-dealkylation sites (N-methyl/N-ethyl adjacent to an activating group) is 1. The predicted octanol–water partition coefficient (Wildman–Crippen LogP) is 2.99. The number of nitrogens with one attached hydrogen (secondary N) is 1. The van der Waals surface area contributed by atoms with Crippen LogP contribution in [0.4, 0.5) is 0 Å². The fraction of sp³-hybridized carbons (Fsp3) is 0.769. The van der Waals surface area contributed by atoms with Gasteiger partial charge in [0.05, 0.1) is 15.9 Å². The van der Waals surface area contributed by atoms with Gasteiger partial charge >= 0.3 is 0 Å². The van der Waals surface area contributed by atoms with Crippen LogP contribution in [0.2, 0.25) is 0 Å². The van der Waals surface area contributed by atoms with Gasteiger partial charge in [0, 0.05) is 25.9 Å². The lowest BCUT2D eigenvalue weighted by atomic mass is 9.87. The average molecular weight is 300 g/mol. The Hall–Kier alpha value is -0.350. The first-order valence-electron chi connectivity index (χ1n) is 6.60. The lowest BCUT2D eigenvalue weighted by molar-refractivity contribution is 0.423. The van der Waals surface area contributed by atoms with Gasteiger partial charge in [-0.3, -0.25) is 4.68 Å². The zero-order chi connectivity index (χ0) is 12.3. The van der Waals surface area contributed by atoms with Crippen molar-refractivity contribution in [1.29, 1.82) is 0 Å². The molecule has 0 spiro atoms. The normalized spacial score (nSPS) is 17.6. The Kier molecular flexibility index (Phi) is 4.62. The van der Waals surface area contributed by atoms with Crippen LogP contribution in [0.1, 0.15) is 49.4 Å². The second-order valence-corrected chi connectivity index (χ2v) is 5.75. The van der Waals surface area contributed by atoms with Gasteiger partial charge in [0.25, 0.3) is 0 Å². The molecule has 0 radical (unpaired) electrons. The summed E-state index contributed by atoms with van der Waals surface area (Å²) in [6, 6.07) is 0. The molecule has 0 atom stereocenters. The number of aryl methyl sites for hydroxylation is 1. The Morgan fingerprint density at radius 1 is 1.35 bits per heavy atom. The molecule has 1 N–H and O–H groups in total. The number of nitrogens with zero attached hydrogens (tertiary/aromatic N) is 2. The van der Waals surface area contributed by atoms with Crippen molar-refractivity contribution in [3.05, 3.63) is 15.9 Å². The summed E-state index contributed by atoms with van der Waals surface area (Å²) in [6.07, 6.45) is 7.78. The predicted molar refractivity (Wildman–Crippen MR) is 74.4 cm³/mol. The van der Waals surface area contributed by atoms with Gasteiger partial charge in [0.2, 0.25) is 0 Å². The Bertz CT molecular complexity index is 367. The van der Waals surface area contributed by atoms with Crippen LogP contribution in [0.15, 0.2) is 4.47 Å². The first-order chi connectivity index (χ1) is 8.24. The van der Waals surface area contributed by atoms with Gasteiger partial charge in [-0.1, -0.05) is 19.3 Å². The second kappa shape index (κ2) is 6.01. The van der Waals surface area contributed by atoms with Crippen LogP contribution in [0.25, 0.3) is 0 Å². The number of hydrogen-bond donors (Lipinski definition) is 1. The van der Waals surface area contributed by atoms with Crippen molar-refractivity contribution in [2.75, 3.05) is 13.6 Å². The third kappa shape index (κ3) is 2.91. The Labute approximate surface area is 112 Å². The summed E-state index contributed by atoms with van der Waals surface area (Å²) in [5, 5.41) is 7.83. The Balaban J connectivity index is 2.17. The van der Waals surface area contributed by atoms with E-state index in [-0.39, 0.29) is 0 Å². The molecule has 1 aromatic rings. The highest BCUT2D eigenvalue weighted by Crippen LogP contribution is 2.37. The van der Waals surface area contributed by atoms with E-state index in [4.69, 9.17) is 0 Å². The van der Waals surface area contributed by atoms with Gasteiger partial charge in [-0.05, 0) is 35.8 Å². The number of halogens is 1. The quantitative estimate of drug-likeness (QED) is 0.926. The highest BCUT2D eigenvalue weighted by Gasteiger charge is 2.23. The van der Waals surface area contributed by atoms with Gasteiger partial charge in [0.1, 0.15) is 0 Å². The van der Waals surface area contributed by atoms with Crippen molar-refractivity contribution in [3.8, 4) is 0 Å². The number of hydrogen-bond acceptors (Lipinski definition) is 2. The monoisotopic (exact) mass is 299 g/mol. The highest BCUT2D eigenvalue weighted by atomic mass is 79.9. The van der Waals surface area contributed by atoms with Gasteiger partial charge in [-0.25, -0.2) is 0 Å². The van der Waals surface area contributed by atoms with E-state index in [1.807, 2.05) is 7.05 Å². The molecular weight excluding hydrogens is 278 g/mol. The van der Waals surface area contributed by atoms with Crippen LogP contribution in [0.3, 0.4) is 0 Å². The van der Waals surface area contributed by atoms with Crippen molar-refractivity contribution in [1.82, 2.24) is 15.1 Å². The first kappa shape index (κ1) is 13.1. The van der Waals surface area contributed by atoms with Crippen molar-refractivity contribution >= 4 is 15.9 Å². The van der Waals surface area contributed by atoms with E-state index in [9.17, 15) is 0 Å². The van der Waals surface area contributed by atoms with E-state index in [1.165, 1.54) is 48.0 Å². The molecule has 0 saturated heterocycles. The molecule has 2 rings (SSSR count). The lowest BCUT2D eigenvalue weighted by Gasteiger charge is -2.22. The molecule has 3 nitrogen and oxygen atoms in total. The van der Waals surface area contributed by atoms with E-state index in [2.05, 4.69) is 38.1 Å². The number of rotatable bonds is 4. The molecule has 1 saturated carbocycles. The number of aromatic nitrogens is 2. The zero-order valence-corrected chi connectivity index (χ0v) is 12.4. The minimum atomic E-state index is 0.707. The molecule has 1 aliphatic carbocycles. The molecule has 1 heterocycles. The zero-order valence-electron chi connectivity index (χ0n) is 10.8. The fourth-order valence-electron chi connectivity index (χ4n) is 2.79. The smallest absolute Gasteiger partial charge is 0.0782 e. The topological polar surface area (TPSA) is 29.9 Å². The molecular formula is C13H22BrN3. The van der Waals surface area contributed by atoms with Crippen molar-refractivity contribution in [2.24, 2.45) is 7.05 Å². The summed E-state index contributed by atoms with van der Waals surface area (Å²) in [7, 11) is 4.07. The lowest BCUT2D eigenvalue weighted by Crippen LogP contribution is -2.11. The fourth-order valence-corrected chi connectivity index (χ4v) is 3.65. The third-order valence-corrected chi connectivity index (χ3v) is 4.57. The van der Waals surface area contributed by atoms with Crippen molar-refractivity contribution < 1.29 is 0 Å². The highest BCUT2D eigenvalue weighted by molar-refractivity contribution is 9.10. The minimum Gasteiger partial charge on any atom is -0.319 e. The van der Waals surface area contributed by atoms with Crippen molar-refractivity contribution in [2.45, 2.75) is 44.4 Å². The third-order valence-electron chi connectivity index (χ3n) is 3.70. The largest absolute Gasteiger partial charge is 0.319 e. The van der Waals surface area contributed by atoms with Crippen molar-refractivity contribution in [3.63, 3.8) is 0 Å². The van der Waals surface area contributed by atoms with E-state index < -0.39 is 0 Å². The maximum Gasteiger partial charge on any atom is 0.0782 e. The molecule has 0 unspecified atom stereocenters. The van der Waals surface area contributed by atoms with E-state index in [0.717, 1.165) is 13.0 Å². The minimum absolute atomic E-state index is 0.707. The Morgan fingerprint density at radius 2 is 2.06 bits per heavy atom. The average Bonchev–Trinajstić information content (AvgIpc) is 2.63. The Morgan fingerprint density at radius 3 is 2.71 bits per heavy atom. The molecule has 1 aliphatic rings. The maximum absolute atomic E-state index is 4.65. The van der Waals surface area contributed by atoms with Gasteiger partial charge in [-0.15, -0.1) is 0 Å². The molecule has 0 aliphatic heterocycles. The van der Waals surface area contributed by atoms with Crippen LogP contribution in [0.5, 0.6) is 0 Å². The van der Waals surface area contributed by atoms with Crippen LogP contribution in [-0.2, 0) is 13.5 Å². The van der Waals surface area contributed by atoms with Crippen LogP contribution in [-0.4, -0.2) is 23.4 Å². The maximum atomic E-state index is 4.65. The molecule has 4 heteroatoms. The summed E-state index contributed by atoms with van der Waals surface area (Å²) in [6.45, 7) is 0.986. The standard InChI is InChI=1S/C13H22BrN3/c1-15-9-8-11-12(14)13(17(2)16-11)10-6-4-3-5-7-10/h10,15H,3-9H2,1-2H3. The van der Waals surface area contributed by atoms with Crippen LogP contribution >= 0.6 is 15.9 Å². The summed E-state index contributed by atoms with van der Waals surface area (Å²) in [5.41, 5.74) is 2.61. The molecule has 0 aromatic carbocycles. The summed E-state index contributed by atoms with van der Waals surface area (Å²) < 4.78 is 3.34. The van der Waals surface area contributed by atoms with E-state index in [1.54, 1.807) is 0 Å². The summed E-state index contributed by atoms with van der Waals surface area (Å²) in [5.74, 6) is 0.707. The summed E-state index contributed by atoms with van der Waals surface area (Å²) in [4.78, 5) is 0. The van der Waals surface area contributed by atoms with Gasteiger partial charge in [0.15, 0.2) is 0 Å². The second-order valence-electron chi connectivity index (χ2n) is 4.96. The van der Waals surface area contributed by atoms with Gasteiger partial charge < -0.3 is 5.32 Å². The molecule has 1 fully saturated rings. The molecule has 1 aromatic heterocycles.